The van der Waals surface area contributed by atoms with Crippen LogP contribution in [0.15, 0.2) is 140 Å². The zero-order chi connectivity index (χ0) is 25.0. The fourth-order valence-corrected chi connectivity index (χ4v) is 4.75. The standard InChI is InChI=1S/C35H26N2/c1-25-33(31-21-11-19-29(23-31)26-13-5-2-6-14-26)36-35(28-17-9-4-10-18-28)37-34(25)32-22-12-20-30(24-32)27-15-7-3-8-16-27/h2-24H,1H3. The maximum absolute atomic E-state index is 5.10. The summed E-state index contributed by atoms with van der Waals surface area (Å²) in [5.74, 6) is 0.728. The van der Waals surface area contributed by atoms with Gasteiger partial charge in [0, 0.05) is 22.3 Å². The van der Waals surface area contributed by atoms with Gasteiger partial charge in [-0.15, -0.1) is 0 Å². The second-order valence-corrected chi connectivity index (χ2v) is 9.13. The van der Waals surface area contributed by atoms with E-state index < -0.39 is 0 Å². The lowest BCUT2D eigenvalue weighted by atomic mass is 9.96. The van der Waals surface area contributed by atoms with Gasteiger partial charge < -0.3 is 0 Å². The largest absolute Gasteiger partial charge is 0.228 e. The maximum atomic E-state index is 5.10. The van der Waals surface area contributed by atoms with E-state index in [-0.39, 0.29) is 0 Å². The van der Waals surface area contributed by atoms with Gasteiger partial charge in [0.05, 0.1) is 11.4 Å². The fourth-order valence-electron chi connectivity index (χ4n) is 4.75. The molecule has 0 spiro atoms. The predicted octanol–water partition coefficient (Wildman–Crippen LogP) is 9.12. The number of aromatic nitrogens is 2. The SMILES string of the molecule is Cc1c(-c2cccc(-c3ccccc3)c2)nc(-c2ccccc2)nc1-c1cccc(-c2ccccc2)c1. The fraction of sp³-hybridized carbons (Fsp3) is 0.0286. The van der Waals surface area contributed by atoms with Crippen molar-refractivity contribution in [2.45, 2.75) is 6.92 Å². The van der Waals surface area contributed by atoms with Gasteiger partial charge in [0.2, 0.25) is 0 Å². The van der Waals surface area contributed by atoms with Crippen molar-refractivity contribution >= 4 is 0 Å². The van der Waals surface area contributed by atoms with Gasteiger partial charge in [0.25, 0.3) is 0 Å². The summed E-state index contributed by atoms with van der Waals surface area (Å²) in [5, 5.41) is 0. The maximum Gasteiger partial charge on any atom is 0.160 e. The molecule has 0 N–H and O–H groups in total. The summed E-state index contributed by atoms with van der Waals surface area (Å²) in [7, 11) is 0. The minimum absolute atomic E-state index is 0.728. The Kier molecular flexibility index (Phi) is 6.14. The van der Waals surface area contributed by atoms with Gasteiger partial charge in [-0.05, 0) is 41.3 Å². The van der Waals surface area contributed by atoms with Crippen LogP contribution in [0.25, 0.3) is 56.2 Å². The first-order chi connectivity index (χ1) is 18.3. The number of rotatable bonds is 5. The van der Waals surface area contributed by atoms with Gasteiger partial charge in [0.15, 0.2) is 5.82 Å². The van der Waals surface area contributed by atoms with Crippen LogP contribution in [-0.4, -0.2) is 9.97 Å². The van der Waals surface area contributed by atoms with Crippen LogP contribution in [0.1, 0.15) is 5.56 Å². The van der Waals surface area contributed by atoms with E-state index in [1.54, 1.807) is 0 Å². The quantitative estimate of drug-likeness (QED) is 0.249. The minimum Gasteiger partial charge on any atom is -0.228 e. The molecule has 5 aromatic carbocycles. The first-order valence-electron chi connectivity index (χ1n) is 12.5. The lowest BCUT2D eigenvalue weighted by Gasteiger charge is -2.15. The van der Waals surface area contributed by atoms with E-state index in [2.05, 4.69) is 116 Å². The van der Waals surface area contributed by atoms with Crippen LogP contribution in [0.4, 0.5) is 0 Å². The Morgan fingerprint density at radius 3 is 1.14 bits per heavy atom. The van der Waals surface area contributed by atoms with Crippen molar-refractivity contribution in [3.63, 3.8) is 0 Å². The Bertz CT molecular complexity index is 1550. The summed E-state index contributed by atoms with van der Waals surface area (Å²) >= 11 is 0. The molecular weight excluding hydrogens is 448 g/mol. The molecule has 0 saturated heterocycles. The van der Waals surface area contributed by atoms with Gasteiger partial charge in [-0.25, -0.2) is 9.97 Å². The third kappa shape index (κ3) is 4.70. The highest BCUT2D eigenvalue weighted by atomic mass is 14.9. The molecule has 2 heteroatoms. The van der Waals surface area contributed by atoms with Crippen molar-refractivity contribution in [2.24, 2.45) is 0 Å². The highest BCUT2D eigenvalue weighted by molar-refractivity contribution is 5.80. The molecule has 0 saturated carbocycles. The number of nitrogens with zero attached hydrogens (tertiary/aromatic N) is 2. The lowest BCUT2D eigenvalue weighted by Crippen LogP contribution is -2.00. The van der Waals surface area contributed by atoms with Gasteiger partial charge in [-0.1, -0.05) is 127 Å². The molecule has 0 bridgehead atoms. The Balaban J connectivity index is 1.54. The Morgan fingerprint density at radius 2 is 0.703 bits per heavy atom. The van der Waals surface area contributed by atoms with Crippen molar-refractivity contribution in [3.05, 3.63) is 145 Å². The van der Waals surface area contributed by atoms with Crippen molar-refractivity contribution in [3.8, 4) is 56.2 Å². The van der Waals surface area contributed by atoms with Crippen LogP contribution in [-0.2, 0) is 0 Å². The average Bonchev–Trinajstić information content (AvgIpc) is 2.99. The van der Waals surface area contributed by atoms with Crippen LogP contribution in [0.2, 0.25) is 0 Å². The molecule has 0 radical (unpaired) electrons. The summed E-state index contributed by atoms with van der Waals surface area (Å²) in [4.78, 5) is 10.2. The van der Waals surface area contributed by atoms with Crippen LogP contribution in [0.3, 0.4) is 0 Å². The molecule has 0 aliphatic carbocycles. The highest BCUT2D eigenvalue weighted by Crippen LogP contribution is 2.35. The molecule has 1 heterocycles. The van der Waals surface area contributed by atoms with E-state index in [0.717, 1.165) is 39.5 Å². The Labute approximate surface area is 218 Å². The zero-order valence-electron chi connectivity index (χ0n) is 20.7. The molecule has 6 aromatic rings. The molecule has 37 heavy (non-hydrogen) atoms. The van der Waals surface area contributed by atoms with Crippen LogP contribution in [0.5, 0.6) is 0 Å². The average molecular weight is 475 g/mol. The molecule has 2 nitrogen and oxygen atoms in total. The molecule has 0 atom stereocenters. The second-order valence-electron chi connectivity index (χ2n) is 9.13. The monoisotopic (exact) mass is 474 g/mol. The Morgan fingerprint density at radius 1 is 0.351 bits per heavy atom. The molecule has 0 fully saturated rings. The van der Waals surface area contributed by atoms with E-state index >= 15 is 0 Å². The third-order valence-corrected chi connectivity index (χ3v) is 6.66. The Hall–Kier alpha value is -4.82. The van der Waals surface area contributed by atoms with E-state index in [9.17, 15) is 0 Å². The van der Waals surface area contributed by atoms with Crippen LogP contribution < -0.4 is 0 Å². The first kappa shape index (κ1) is 22.6. The summed E-state index contributed by atoms with van der Waals surface area (Å²) in [6.07, 6.45) is 0. The van der Waals surface area contributed by atoms with Gasteiger partial charge in [-0.2, -0.15) is 0 Å². The van der Waals surface area contributed by atoms with Crippen molar-refractivity contribution in [2.75, 3.05) is 0 Å². The van der Waals surface area contributed by atoms with Crippen LogP contribution in [0, 0.1) is 6.92 Å². The summed E-state index contributed by atoms with van der Waals surface area (Å²) < 4.78 is 0. The molecule has 6 rings (SSSR count). The zero-order valence-corrected chi connectivity index (χ0v) is 20.7. The van der Waals surface area contributed by atoms with E-state index in [1.807, 2.05) is 30.3 Å². The number of hydrogen-bond acceptors (Lipinski definition) is 2. The molecular formula is C35H26N2. The topological polar surface area (TPSA) is 25.8 Å². The molecule has 0 amide bonds. The normalized spacial score (nSPS) is 10.8. The van der Waals surface area contributed by atoms with E-state index in [1.165, 1.54) is 22.3 Å². The van der Waals surface area contributed by atoms with E-state index in [4.69, 9.17) is 9.97 Å². The van der Waals surface area contributed by atoms with Gasteiger partial charge in [-0.3, -0.25) is 0 Å². The second kappa shape index (κ2) is 10.0. The van der Waals surface area contributed by atoms with Gasteiger partial charge in [0.1, 0.15) is 0 Å². The molecule has 0 unspecified atom stereocenters. The molecule has 176 valence electrons. The highest BCUT2D eigenvalue weighted by Gasteiger charge is 2.16. The van der Waals surface area contributed by atoms with E-state index in [0.29, 0.717) is 0 Å². The summed E-state index contributed by atoms with van der Waals surface area (Å²) in [6.45, 7) is 2.13. The molecule has 0 aliphatic heterocycles. The van der Waals surface area contributed by atoms with Crippen LogP contribution >= 0.6 is 0 Å². The van der Waals surface area contributed by atoms with Crippen molar-refractivity contribution in [1.82, 2.24) is 9.97 Å². The first-order valence-corrected chi connectivity index (χ1v) is 12.5. The predicted molar refractivity (Wildman–Crippen MR) is 154 cm³/mol. The minimum atomic E-state index is 0.728. The van der Waals surface area contributed by atoms with Crippen molar-refractivity contribution in [1.29, 1.82) is 0 Å². The molecule has 1 aromatic heterocycles. The number of hydrogen-bond donors (Lipinski definition) is 0. The third-order valence-electron chi connectivity index (χ3n) is 6.66. The molecule has 0 aliphatic rings. The lowest BCUT2D eigenvalue weighted by molar-refractivity contribution is 1.15. The number of benzene rings is 5. The summed E-state index contributed by atoms with van der Waals surface area (Å²) in [6, 6.07) is 48.4. The van der Waals surface area contributed by atoms with Gasteiger partial charge >= 0.3 is 0 Å². The van der Waals surface area contributed by atoms with Crippen molar-refractivity contribution < 1.29 is 0 Å². The smallest absolute Gasteiger partial charge is 0.160 e. The summed E-state index contributed by atoms with van der Waals surface area (Å²) in [5.41, 5.74) is 10.9.